The molecule has 2 N–H and O–H groups in total. The number of nitrogens with two attached hydrogens (primary N) is 1. The summed E-state index contributed by atoms with van der Waals surface area (Å²) in [6.45, 7) is 4.99. The van der Waals surface area contributed by atoms with E-state index in [1.807, 2.05) is 0 Å². The van der Waals surface area contributed by atoms with E-state index in [0.717, 1.165) is 24.0 Å². The normalized spacial score (nSPS) is 28.2. The third-order valence-electron chi connectivity index (χ3n) is 4.47. The van der Waals surface area contributed by atoms with E-state index in [1.54, 1.807) is 0 Å². The summed E-state index contributed by atoms with van der Waals surface area (Å²) in [7, 11) is 4.38. The van der Waals surface area contributed by atoms with Crippen LogP contribution >= 0.6 is 15.9 Å². The zero-order valence-electron chi connectivity index (χ0n) is 12.1. The molecule has 1 aromatic rings. The van der Waals surface area contributed by atoms with E-state index in [2.05, 4.69) is 71.0 Å². The summed E-state index contributed by atoms with van der Waals surface area (Å²) >= 11 is 3.53. The lowest BCUT2D eigenvalue weighted by Crippen LogP contribution is -2.53. The number of halogens is 1. The SMILES string of the molecule is CC1CC(CN)(N(C)Cc2cccc(Br)c2)CN1C. The zero-order valence-corrected chi connectivity index (χ0v) is 13.7. The van der Waals surface area contributed by atoms with Gasteiger partial charge < -0.3 is 10.6 Å². The average Bonchev–Trinajstić information content (AvgIpc) is 2.66. The van der Waals surface area contributed by atoms with Gasteiger partial charge in [0, 0.05) is 35.7 Å². The van der Waals surface area contributed by atoms with Crippen molar-refractivity contribution in [2.75, 3.05) is 27.2 Å². The predicted molar refractivity (Wildman–Crippen MR) is 84.1 cm³/mol. The predicted octanol–water partition coefficient (Wildman–Crippen LogP) is 2.30. The first-order valence-electron chi connectivity index (χ1n) is 6.83. The van der Waals surface area contributed by atoms with Crippen LogP contribution < -0.4 is 5.73 Å². The van der Waals surface area contributed by atoms with E-state index in [1.165, 1.54) is 5.56 Å². The maximum Gasteiger partial charge on any atom is 0.0473 e. The summed E-state index contributed by atoms with van der Waals surface area (Å²) in [5, 5.41) is 0. The molecular formula is C15H24BrN3. The summed E-state index contributed by atoms with van der Waals surface area (Å²) in [4.78, 5) is 4.83. The maximum absolute atomic E-state index is 6.10. The molecule has 1 aliphatic rings. The van der Waals surface area contributed by atoms with Crippen LogP contribution in [0.4, 0.5) is 0 Å². The Balaban J connectivity index is 2.12. The van der Waals surface area contributed by atoms with Crippen molar-refractivity contribution in [3.63, 3.8) is 0 Å². The van der Waals surface area contributed by atoms with Crippen LogP contribution in [-0.2, 0) is 6.54 Å². The van der Waals surface area contributed by atoms with E-state index in [9.17, 15) is 0 Å². The molecule has 1 fully saturated rings. The van der Waals surface area contributed by atoms with E-state index >= 15 is 0 Å². The summed E-state index contributed by atoms with van der Waals surface area (Å²) in [6.07, 6.45) is 1.14. The highest BCUT2D eigenvalue weighted by atomic mass is 79.9. The van der Waals surface area contributed by atoms with Gasteiger partial charge in [-0.25, -0.2) is 0 Å². The zero-order chi connectivity index (χ0) is 14.0. The number of benzene rings is 1. The highest BCUT2D eigenvalue weighted by Gasteiger charge is 2.42. The van der Waals surface area contributed by atoms with Crippen molar-refractivity contribution in [2.24, 2.45) is 5.73 Å². The van der Waals surface area contributed by atoms with Gasteiger partial charge in [-0.1, -0.05) is 28.1 Å². The van der Waals surface area contributed by atoms with E-state index in [-0.39, 0.29) is 5.54 Å². The molecule has 0 aromatic heterocycles. The van der Waals surface area contributed by atoms with Crippen LogP contribution in [0.3, 0.4) is 0 Å². The van der Waals surface area contributed by atoms with Gasteiger partial charge in [-0.05, 0) is 45.1 Å². The molecule has 3 nitrogen and oxygen atoms in total. The fraction of sp³-hybridized carbons (Fsp3) is 0.600. The molecule has 1 saturated heterocycles. The number of likely N-dealkylation sites (N-methyl/N-ethyl adjacent to an activating group) is 2. The second kappa shape index (κ2) is 5.92. The number of rotatable bonds is 4. The van der Waals surface area contributed by atoms with Crippen molar-refractivity contribution in [1.29, 1.82) is 0 Å². The van der Waals surface area contributed by atoms with Gasteiger partial charge in [-0.3, -0.25) is 4.90 Å². The summed E-state index contributed by atoms with van der Waals surface area (Å²) in [5.74, 6) is 0. The van der Waals surface area contributed by atoms with E-state index < -0.39 is 0 Å². The van der Waals surface area contributed by atoms with Crippen LogP contribution in [0.1, 0.15) is 18.9 Å². The second-order valence-electron chi connectivity index (χ2n) is 5.88. The first-order chi connectivity index (χ1) is 8.97. The first kappa shape index (κ1) is 15.0. The molecule has 1 aromatic carbocycles. The average molecular weight is 326 g/mol. The monoisotopic (exact) mass is 325 g/mol. The lowest BCUT2D eigenvalue weighted by Gasteiger charge is -2.38. The maximum atomic E-state index is 6.10. The van der Waals surface area contributed by atoms with Gasteiger partial charge in [0.25, 0.3) is 0 Å². The van der Waals surface area contributed by atoms with Crippen molar-refractivity contribution < 1.29 is 0 Å². The Morgan fingerprint density at radius 3 is 2.79 bits per heavy atom. The molecule has 2 atom stereocenters. The van der Waals surface area contributed by atoms with Gasteiger partial charge in [0.05, 0.1) is 0 Å². The highest BCUT2D eigenvalue weighted by molar-refractivity contribution is 9.10. The minimum atomic E-state index is 0.108. The Morgan fingerprint density at radius 1 is 1.53 bits per heavy atom. The van der Waals surface area contributed by atoms with Gasteiger partial charge in [0.15, 0.2) is 0 Å². The van der Waals surface area contributed by atoms with Gasteiger partial charge >= 0.3 is 0 Å². The van der Waals surface area contributed by atoms with Crippen molar-refractivity contribution in [3.8, 4) is 0 Å². The Bertz CT molecular complexity index is 425. The van der Waals surface area contributed by atoms with E-state index in [4.69, 9.17) is 5.73 Å². The third kappa shape index (κ3) is 3.19. The molecule has 1 aliphatic heterocycles. The van der Waals surface area contributed by atoms with Gasteiger partial charge in [-0.15, -0.1) is 0 Å². The van der Waals surface area contributed by atoms with Crippen LogP contribution in [-0.4, -0.2) is 48.6 Å². The Hall–Kier alpha value is -0.420. The summed E-state index contributed by atoms with van der Waals surface area (Å²) in [6, 6.07) is 9.11. The van der Waals surface area contributed by atoms with Gasteiger partial charge in [0.1, 0.15) is 0 Å². The fourth-order valence-electron chi connectivity index (χ4n) is 3.05. The smallest absolute Gasteiger partial charge is 0.0473 e. The molecule has 0 radical (unpaired) electrons. The van der Waals surface area contributed by atoms with Crippen LogP contribution in [0.5, 0.6) is 0 Å². The lowest BCUT2D eigenvalue weighted by atomic mass is 9.94. The summed E-state index contributed by atoms with van der Waals surface area (Å²) < 4.78 is 1.14. The largest absolute Gasteiger partial charge is 0.329 e. The number of likely N-dealkylation sites (tertiary alicyclic amines) is 1. The lowest BCUT2D eigenvalue weighted by molar-refractivity contribution is 0.126. The number of nitrogens with zero attached hydrogens (tertiary/aromatic N) is 2. The molecular weight excluding hydrogens is 302 g/mol. The highest BCUT2D eigenvalue weighted by Crippen LogP contribution is 2.31. The molecule has 19 heavy (non-hydrogen) atoms. The van der Waals surface area contributed by atoms with Crippen molar-refractivity contribution in [2.45, 2.75) is 31.5 Å². The molecule has 2 unspecified atom stereocenters. The van der Waals surface area contributed by atoms with Crippen molar-refractivity contribution >= 4 is 15.9 Å². The molecule has 2 rings (SSSR count). The van der Waals surface area contributed by atoms with Crippen LogP contribution in [0.15, 0.2) is 28.7 Å². The third-order valence-corrected chi connectivity index (χ3v) is 4.96. The Kier molecular flexibility index (Phi) is 4.66. The van der Waals surface area contributed by atoms with Gasteiger partial charge in [0.2, 0.25) is 0 Å². The fourth-order valence-corrected chi connectivity index (χ4v) is 3.49. The first-order valence-corrected chi connectivity index (χ1v) is 7.62. The van der Waals surface area contributed by atoms with Crippen molar-refractivity contribution in [1.82, 2.24) is 9.80 Å². The molecule has 4 heteroatoms. The summed E-state index contributed by atoms with van der Waals surface area (Å²) in [5.41, 5.74) is 7.53. The number of hydrogen-bond donors (Lipinski definition) is 1. The standard InChI is InChI=1S/C15H24BrN3/c1-12-8-15(10-17,11-18(12)2)19(3)9-13-5-4-6-14(16)7-13/h4-7,12H,8-11,17H2,1-3H3. The van der Waals surface area contributed by atoms with E-state index in [0.29, 0.717) is 12.6 Å². The molecule has 0 aliphatic carbocycles. The quantitative estimate of drug-likeness (QED) is 0.922. The Labute approximate surface area is 124 Å². The minimum Gasteiger partial charge on any atom is -0.329 e. The topological polar surface area (TPSA) is 32.5 Å². The molecule has 0 saturated carbocycles. The second-order valence-corrected chi connectivity index (χ2v) is 6.80. The van der Waals surface area contributed by atoms with Crippen LogP contribution in [0.2, 0.25) is 0 Å². The van der Waals surface area contributed by atoms with Crippen molar-refractivity contribution in [3.05, 3.63) is 34.3 Å². The Morgan fingerprint density at radius 2 is 2.26 bits per heavy atom. The molecule has 0 spiro atoms. The minimum absolute atomic E-state index is 0.108. The molecule has 1 heterocycles. The van der Waals surface area contributed by atoms with Crippen LogP contribution in [0, 0.1) is 0 Å². The van der Waals surface area contributed by atoms with Gasteiger partial charge in [-0.2, -0.15) is 0 Å². The van der Waals surface area contributed by atoms with Crippen LogP contribution in [0.25, 0.3) is 0 Å². The molecule has 0 amide bonds. The number of hydrogen-bond acceptors (Lipinski definition) is 3. The molecule has 0 bridgehead atoms. The molecule has 106 valence electrons.